The summed E-state index contributed by atoms with van der Waals surface area (Å²) in [5, 5.41) is 5.59. The first-order valence-electron chi connectivity index (χ1n) is 5.29. The predicted molar refractivity (Wildman–Crippen MR) is 76.3 cm³/mol. The highest BCUT2D eigenvalue weighted by Crippen LogP contribution is 2.22. The molecule has 2 aromatic rings. The van der Waals surface area contributed by atoms with Gasteiger partial charge in [0.25, 0.3) is 0 Å². The standard InChI is InChI=1S/C12H14BrNS2/c1-2-9-3-4-10(16-9)7-14-8-12-11(13)5-6-15-12/h3-6,14H,2,7-8H2,1H3. The van der Waals surface area contributed by atoms with Gasteiger partial charge in [-0.05, 0) is 45.9 Å². The second-order valence-corrected chi connectivity index (χ2v) is 6.62. The molecule has 0 saturated heterocycles. The molecule has 86 valence electrons. The Morgan fingerprint density at radius 1 is 1.19 bits per heavy atom. The van der Waals surface area contributed by atoms with Crippen LogP contribution in [0.15, 0.2) is 28.1 Å². The lowest BCUT2D eigenvalue weighted by atomic mass is 10.3. The molecule has 0 spiro atoms. The number of hydrogen-bond acceptors (Lipinski definition) is 3. The average molecular weight is 316 g/mol. The maximum atomic E-state index is 3.54. The molecule has 1 nitrogen and oxygen atoms in total. The quantitative estimate of drug-likeness (QED) is 0.861. The van der Waals surface area contributed by atoms with Crippen LogP contribution in [0.25, 0.3) is 0 Å². The topological polar surface area (TPSA) is 12.0 Å². The van der Waals surface area contributed by atoms with Crippen LogP contribution in [0.3, 0.4) is 0 Å². The van der Waals surface area contributed by atoms with Crippen LogP contribution in [-0.4, -0.2) is 0 Å². The first-order chi connectivity index (χ1) is 7.79. The Morgan fingerprint density at radius 2 is 2.00 bits per heavy atom. The monoisotopic (exact) mass is 315 g/mol. The van der Waals surface area contributed by atoms with Crippen molar-refractivity contribution in [2.75, 3.05) is 0 Å². The zero-order valence-corrected chi connectivity index (χ0v) is 12.3. The summed E-state index contributed by atoms with van der Waals surface area (Å²) in [5.74, 6) is 0. The van der Waals surface area contributed by atoms with E-state index >= 15 is 0 Å². The van der Waals surface area contributed by atoms with Gasteiger partial charge in [0.15, 0.2) is 0 Å². The maximum absolute atomic E-state index is 3.54. The normalized spacial score (nSPS) is 10.9. The molecule has 16 heavy (non-hydrogen) atoms. The number of halogens is 1. The Bertz CT molecular complexity index is 447. The lowest BCUT2D eigenvalue weighted by Gasteiger charge is -2.01. The van der Waals surface area contributed by atoms with Gasteiger partial charge in [-0.15, -0.1) is 22.7 Å². The third-order valence-electron chi connectivity index (χ3n) is 2.34. The van der Waals surface area contributed by atoms with E-state index < -0.39 is 0 Å². The second kappa shape index (κ2) is 5.96. The number of thiophene rings is 2. The van der Waals surface area contributed by atoms with E-state index in [2.05, 4.69) is 51.7 Å². The van der Waals surface area contributed by atoms with Gasteiger partial charge in [-0.2, -0.15) is 0 Å². The van der Waals surface area contributed by atoms with Crippen LogP contribution >= 0.6 is 38.6 Å². The maximum Gasteiger partial charge on any atom is 0.0327 e. The van der Waals surface area contributed by atoms with E-state index in [4.69, 9.17) is 0 Å². The molecule has 0 aliphatic heterocycles. The fourth-order valence-corrected chi connectivity index (χ4v) is 3.85. The Kier molecular flexibility index (Phi) is 4.58. The van der Waals surface area contributed by atoms with Gasteiger partial charge in [-0.3, -0.25) is 0 Å². The summed E-state index contributed by atoms with van der Waals surface area (Å²) in [4.78, 5) is 4.26. The highest BCUT2D eigenvalue weighted by atomic mass is 79.9. The average Bonchev–Trinajstić information content (AvgIpc) is 2.89. The summed E-state index contributed by atoms with van der Waals surface area (Å²) in [7, 11) is 0. The van der Waals surface area contributed by atoms with Crippen molar-refractivity contribution in [1.82, 2.24) is 5.32 Å². The highest BCUT2D eigenvalue weighted by molar-refractivity contribution is 9.10. The summed E-state index contributed by atoms with van der Waals surface area (Å²) >= 11 is 7.23. The Hall–Kier alpha value is -0.160. The van der Waals surface area contributed by atoms with Crippen LogP contribution in [0.1, 0.15) is 21.6 Å². The van der Waals surface area contributed by atoms with Crippen molar-refractivity contribution in [3.05, 3.63) is 42.7 Å². The van der Waals surface area contributed by atoms with Crippen molar-refractivity contribution in [2.45, 2.75) is 26.4 Å². The van der Waals surface area contributed by atoms with Crippen LogP contribution in [0, 0.1) is 0 Å². The first kappa shape index (κ1) is 12.3. The minimum atomic E-state index is 0.942. The van der Waals surface area contributed by atoms with E-state index in [9.17, 15) is 0 Å². The second-order valence-electron chi connectivity index (χ2n) is 3.52. The summed E-state index contributed by atoms with van der Waals surface area (Å²) in [6.07, 6.45) is 1.14. The van der Waals surface area contributed by atoms with Crippen molar-refractivity contribution < 1.29 is 0 Å². The van der Waals surface area contributed by atoms with Crippen LogP contribution < -0.4 is 5.32 Å². The summed E-state index contributed by atoms with van der Waals surface area (Å²) in [6, 6.07) is 6.55. The zero-order valence-electron chi connectivity index (χ0n) is 9.13. The SMILES string of the molecule is CCc1ccc(CNCc2sccc2Br)s1. The lowest BCUT2D eigenvalue weighted by molar-refractivity contribution is 0.707. The zero-order chi connectivity index (χ0) is 11.4. The molecular weight excluding hydrogens is 302 g/mol. The van der Waals surface area contributed by atoms with Gasteiger partial charge >= 0.3 is 0 Å². The van der Waals surface area contributed by atoms with E-state index in [0.717, 1.165) is 19.5 Å². The molecule has 2 heterocycles. The smallest absolute Gasteiger partial charge is 0.0327 e. The van der Waals surface area contributed by atoms with Crippen molar-refractivity contribution >= 4 is 38.6 Å². The molecule has 0 aliphatic carbocycles. The summed E-state index contributed by atoms with van der Waals surface area (Å²) < 4.78 is 1.21. The van der Waals surface area contributed by atoms with E-state index in [1.54, 1.807) is 11.3 Å². The first-order valence-corrected chi connectivity index (χ1v) is 7.78. The minimum Gasteiger partial charge on any atom is -0.307 e. The number of rotatable bonds is 5. The van der Waals surface area contributed by atoms with Gasteiger partial charge in [0.1, 0.15) is 0 Å². The van der Waals surface area contributed by atoms with Crippen molar-refractivity contribution in [2.24, 2.45) is 0 Å². The van der Waals surface area contributed by atoms with Gasteiger partial charge in [0, 0.05) is 32.2 Å². The van der Waals surface area contributed by atoms with E-state index in [1.807, 2.05) is 11.3 Å². The molecule has 0 unspecified atom stereocenters. The Morgan fingerprint density at radius 3 is 2.62 bits per heavy atom. The molecule has 0 aliphatic rings. The largest absolute Gasteiger partial charge is 0.307 e. The third-order valence-corrected chi connectivity index (χ3v) is 5.50. The van der Waals surface area contributed by atoms with Gasteiger partial charge in [0.2, 0.25) is 0 Å². The molecule has 2 rings (SSSR count). The van der Waals surface area contributed by atoms with Crippen LogP contribution in [0.2, 0.25) is 0 Å². The minimum absolute atomic E-state index is 0.942. The number of aryl methyl sites for hydroxylation is 1. The number of hydrogen-bond donors (Lipinski definition) is 1. The molecule has 2 aromatic heterocycles. The molecule has 1 N–H and O–H groups in total. The summed E-state index contributed by atoms with van der Waals surface area (Å²) in [5.41, 5.74) is 0. The van der Waals surface area contributed by atoms with Crippen LogP contribution in [0.5, 0.6) is 0 Å². The van der Waals surface area contributed by atoms with Gasteiger partial charge in [-0.1, -0.05) is 6.92 Å². The van der Waals surface area contributed by atoms with Gasteiger partial charge in [-0.25, -0.2) is 0 Å². The molecule has 4 heteroatoms. The lowest BCUT2D eigenvalue weighted by Crippen LogP contribution is -2.10. The molecule has 0 saturated carbocycles. The van der Waals surface area contributed by atoms with Crippen LogP contribution in [0.4, 0.5) is 0 Å². The van der Waals surface area contributed by atoms with Crippen molar-refractivity contribution in [3.8, 4) is 0 Å². The molecule has 0 atom stereocenters. The van der Waals surface area contributed by atoms with Crippen LogP contribution in [-0.2, 0) is 19.5 Å². The Labute approximate surface area is 113 Å². The fourth-order valence-electron chi connectivity index (χ4n) is 1.46. The van der Waals surface area contributed by atoms with E-state index in [-0.39, 0.29) is 0 Å². The molecule has 0 aromatic carbocycles. The van der Waals surface area contributed by atoms with E-state index in [0.29, 0.717) is 0 Å². The number of nitrogens with one attached hydrogen (secondary N) is 1. The molecular formula is C12H14BrNS2. The van der Waals surface area contributed by atoms with Crippen molar-refractivity contribution in [1.29, 1.82) is 0 Å². The fraction of sp³-hybridized carbons (Fsp3) is 0.333. The Balaban J connectivity index is 1.82. The molecule has 0 bridgehead atoms. The van der Waals surface area contributed by atoms with Gasteiger partial charge < -0.3 is 5.32 Å². The molecule has 0 radical (unpaired) electrons. The third kappa shape index (κ3) is 3.17. The predicted octanol–water partition coefficient (Wildman–Crippen LogP) is 4.42. The van der Waals surface area contributed by atoms with E-state index in [1.165, 1.54) is 19.1 Å². The van der Waals surface area contributed by atoms with Gasteiger partial charge in [0.05, 0.1) is 0 Å². The summed E-state index contributed by atoms with van der Waals surface area (Å²) in [6.45, 7) is 4.11. The molecule has 0 amide bonds. The molecule has 0 fully saturated rings. The highest BCUT2D eigenvalue weighted by Gasteiger charge is 2.02. The van der Waals surface area contributed by atoms with Crippen molar-refractivity contribution in [3.63, 3.8) is 0 Å².